The molecule has 0 aromatic heterocycles. The molecule has 1 fully saturated rings. The minimum absolute atomic E-state index is 0.0961. The summed E-state index contributed by atoms with van der Waals surface area (Å²) >= 11 is 6.10. The maximum absolute atomic E-state index is 12.9. The van der Waals surface area contributed by atoms with Crippen molar-refractivity contribution >= 4 is 11.6 Å². The summed E-state index contributed by atoms with van der Waals surface area (Å²) in [5.74, 6) is 0. The quantitative estimate of drug-likeness (QED) is 0.894. The van der Waals surface area contributed by atoms with Crippen LogP contribution >= 0.6 is 11.6 Å². The number of aliphatic hydroxyl groups excluding tert-OH is 1. The van der Waals surface area contributed by atoms with Gasteiger partial charge in [0.1, 0.15) is 0 Å². The van der Waals surface area contributed by atoms with Crippen molar-refractivity contribution in [2.24, 2.45) is 0 Å². The van der Waals surface area contributed by atoms with Crippen molar-refractivity contribution < 1.29 is 18.3 Å². The highest BCUT2D eigenvalue weighted by molar-refractivity contribution is 6.31. The topological polar surface area (TPSA) is 35.5 Å². The Morgan fingerprint density at radius 1 is 1.29 bits per heavy atom. The molecule has 1 aromatic rings. The van der Waals surface area contributed by atoms with E-state index in [-0.39, 0.29) is 12.6 Å². The molecule has 1 aromatic carbocycles. The van der Waals surface area contributed by atoms with Crippen molar-refractivity contribution in [3.05, 3.63) is 34.3 Å². The first-order valence-electron chi connectivity index (χ1n) is 6.85. The van der Waals surface area contributed by atoms with Gasteiger partial charge in [0.15, 0.2) is 0 Å². The van der Waals surface area contributed by atoms with Crippen LogP contribution in [0.5, 0.6) is 0 Å². The zero-order valence-corrected chi connectivity index (χ0v) is 12.2. The van der Waals surface area contributed by atoms with E-state index in [2.05, 4.69) is 10.2 Å². The molecule has 2 rings (SSSR count). The molecule has 0 radical (unpaired) electrons. The number of aliphatic hydroxyl groups is 1. The van der Waals surface area contributed by atoms with Gasteiger partial charge in [0.25, 0.3) is 0 Å². The summed E-state index contributed by atoms with van der Waals surface area (Å²) in [7, 11) is 0. The van der Waals surface area contributed by atoms with Gasteiger partial charge >= 0.3 is 6.18 Å². The van der Waals surface area contributed by atoms with Gasteiger partial charge in [0, 0.05) is 43.9 Å². The lowest BCUT2D eigenvalue weighted by molar-refractivity contribution is -0.137. The van der Waals surface area contributed by atoms with E-state index in [1.54, 1.807) is 0 Å². The molecule has 118 valence electrons. The number of nitrogens with zero attached hydrogens (tertiary/aromatic N) is 1. The van der Waals surface area contributed by atoms with Gasteiger partial charge in [-0.05, 0) is 30.2 Å². The highest BCUT2D eigenvalue weighted by atomic mass is 35.5. The zero-order valence-electron chi connectivity index (χ0n) is 11.5. The van der Waals surface area contributed by atoms with Crippen molar-refractivity contribution in [3.63, 3.8) is 0 Å². The van der Waals surface area contributed by atoms with Gasteiger partial charge in [-0.1, -0.05) is 11.6 Å². The van der Waals surface area contributed by atoms with Crippen molar-refractivity contribution in [1.29, 1.82) is 0 Å². The molecule has 7 heteroatoms. The maximum Gasteiger partial charge on any atom is 0.416 e. The Morgan fingerprint density at radius 2 is 1.95 bits per heavy atom. The average molecular weight is 323 g/mol. The standard InChI is InChI=1S/C14H18ClF3N2O/c15-12-2-1-10(14(16,17)18)9-11(12)13(3-8-21)20-6-4-19-5-7-20/h1-2,9,13,19,21H,3-8H2/t13-/m0/s1. The van der Waals surface area contributed by atoms with E-state index in [0.29, 0.717) is 17.0 Å². The second kappa shape index (κ2) is 6.96. The van der Waals surface area contributed by atoms with E-state index in [1.165, 1.54) is 6.07 Å². The first kappa shape index (κ1) is 16.5. The van der Waals surface area contributed by atoms with Gasteiger partial charge in [-0.25, -0.2) is 0 Å². The molecule has 0 aliphatic carbocycles. The van der Waals surface area contributed by atoms with E-state index in [1.807, 2.05) is 0 Å². The molecule has 1 aliphatic heterocycles. The molecular weight excluding hydrogens is 305 g/mol. The molecule has 0 spiro atoms. The minimum Gasteiger partial charge on any atom is -0.396 e. The molecule has 1 saturated heterocycles. The molecule has 2 N–H and O–H groups in total. The fraction of sp³-hybridized carbons (Fsp3) is 0.571. The second-order valence-corrected chi connectivity index (χ2v) is 5.46. The molecule has 1 aliphatic rings. The van der Waals surface area contributed by atoms with Gasteiger partial charge in [0.05, 0.1) is 5.56 Å². The van der Waals surface area contributed by atoms with Crippen LogP contribution in [0.4, 0.5) is 13.2 Å². The smallest absolute Gasteiger partial charge is 0.396 e. The van der Waals surface area contributed by atoms with Gasteiger partial charge in [-0.2, -0.15) is 13.2 Å². The summed E-state index contributed by atoms with van der Waals surface area (Å²) in [5.41, 5.74) is -0.276. The molecular formula is C14H18ClF3N2O. The van der Waals surface area contributed by atoms with E-state index in [4.69, 9.17) is 11.6 Å². The van der Waals surface area contributed by atoms with E-state index in [0.717, 1.165) is 38.3 Å². The van der Waals surface area contributed by atoms with Crippen LogP contribution < -0.4 is 5.32 Å². The summed E-state index contributed by atoms with van der Waals surface area (Å²) in [6, 6.07) is 3.07. The van der Waals surface area contributed by atoms with E-state index in [9.17, 15) is 18.3 Å². The number of halogens is 4. The zero-order chi connectivity index (χ0) is 15.5. The fourth-order valence-electron chi connectivity index (χ4n) is 2.63. The Morgan fingerprint density at radius 3 is 2.52 bits per heavy atom. The Balaban J connectivity index is 2.34. The average Bonchev–Trinajstić information content (AvgIpc) is 2.45. The number of rotatable bonds is 4. The first-order valence-corrected chi connectivity index (χ1v) is 7.23. The number of hydrogen-bond donors (Lipinski definition) is 2. The van der Waals surface area contributed by atoms with Crippen LogP contribution in [0.25, 0.3) is 0 Å². The summed E-state index contributed by atoms with van der Waals surface area (Å²) in [6.07, 6.45) is -4.03. The lowest BCUT2D eigenvalue weighted by Gasteiger charge is -2.35. The fourth-order valence-corrected chi connectivity index (χ4v) is 2.87. The van der Waals surface area contributed by atoms with Crippen LogP contribution in [0, 0.1) is 0 Å². The molecule has 0 unspecified atom stereocenters. The second-order valence-electron chi connectivity index (χ2n) is 5.05. The van der Waals surface area contributed by atoms with Crippen LogP contribution in [0.15, 0.2) is 18.2 Å². The van der Waals surface area contributed by atoms with Crippen molar-refractivity contribution in [2.45, 2.75) is 18.6 Å². The van der Waals surface area contributed by atoms with Crippen molar-refractivity contribution in [3.8, 4) is 0 Å². The first-order chi connectivity index (χ1) is 9.93. The number of benzene rings is 1. The molecule has 0 bridgehead atoms. The molecule has 0 saturated carbocycles. The number of alkyl halides is 3. The highest BCUT2D eigenvalue weighted by Crippen LogP contribution is 2.36. The van der Waals surface area contributed by atoms with Crippen LogP contribution in [-0.4, -0.2) is 42.8 Å². The van der Waals surface area contributed by atoms with Crippen LogP contribution in [0.3, 0.4) is 0 Å². The van der Waals surface area contributed by atoms with Gasteiger partial charge in [-0.3, -0.25) is 4.90 Å². The third kappa shape index (κ3) is 4.10. The van der Waals surface area contributed by atoms with Crippen LogP contribution in [0.2, 0.25) is 5.02 Å². The predicted octanol–water partition coefficient (Wildman–Crippen LogP) is 2.69. The Bertz CT molecular complexity index is 476. The lowest BCUT2D eigenvalue weighted by Crippen LogP contribution is -2.45. The van der Waals surface area contributed by atoms with Gasteiger partial charge < -0.3 is 10.4 Å². The molecule has 3 nitrogen and oxygen atoms in total. The molecule has 1 atom stereocenters. The van der Waals surface area contributed by atoms with Crippen molar-refractivity contribution in [2.75, 3.05) is 32.8 Å². The normalized spacial score (nSPS) is 18.7. The SMILES string of the molecule is OCC[C@@H](c1cc(C(F)(F)F)ccc1Cl)N1CCNCC1. The van der Waals surface area contributed by atoms with Gasteiger partial charge in [0.2, 0.25) is 0 Å². The monoisotopic (exact) mass is 322 g/mol. The minimum atomic E-state index is -4.40. The predicted molar refractivity (Wildman–Crippen MR) is 75.3 cm³/mol. The lowest BCUT2D eigenvalue weighted by atomic mass is 9.99. The van der Waals surface area contributed by atoms with Crippen LogP contribution in [-0.2, 0) is 6.18 Å². The number of piperazine rings is 1. The van der Waals surface area contributed by atoms with Crippen LogP contribution in [0.1, 0.15) is 23.6 Å². The summed E-state index contributed by atoms with van der Waals surface area (Å²) in [6.45, 7) is 2.90. The van der Waals surface area contributed by atoms with E-state index < -0.39 is 11.7 Å². The third-order valence-electron chi connectivity index (χ3n) is 3.68. The molecule has 21 heavy (non-hydrogen) atoms. The van der Waals surface area contributed by atoms with Gasteiger partial charge in [-0.15, -0.1) is 0 Å². The molecule has 1 heterocycles. The maximum atomic E-state index is 12.9. The Labute approximate surface area is 126 Å². The number of nitrogens with one attached hydrogen (secondary N) is 1. The summed E-state index contributed by atoms with van der Waals surface area (Å²) in [5, 5.41) is 12.7. The van der Waals surface area contributed by atoms with E-state index >= 15 is 0 Å². The van der Waals surface area contributed by atoms with Crippen molar-refractivity contribution in [1.82, 2.24) is 10.2 Å². The largest absolute Gasteiger partial charge is 0.416 e. The molecule has 0 amide bonds. The number of hydrogen-bond acceptors (Lipinski definition) is 3. The Kier molecular flexibility index (Phi) is 5.48. The summed E-state index contributed by atoms with van der Waals surface area (Å²) in [4.78, 5) is 2.06. The Hall–Kier alpha value is -0.820. The summed E-state index contributed by atoms with van der Waals surface area (Å²) < 4.78 is 38.6. The highest BCUT2D eigenvalue weighted by Gasteiger charge is 2.32. The third-order valence-corrected chi connectivity index (χ3v) is 4.02.